The van der Waals surface area contributed by atoms with Gasteiger partial charge in [-0.3, -0.25) is 4.79 Å². The van der Waals surface area contributed by atoms with E-state index >= 15 is 0 Å². The maximum absolute atomic E-state index is 12.7. The van der Waals surface area contributed by atoms with E-state index in [1.807, 2.05) is 30.3 Å². The Kier molecular flexibility index (Phi) is 5.60. The summed E-state index contributed by atoms with van der Waals surface area (Å²) in [5, 5.41) is 0. The Bertz CT molecular complexity index is 339. The summed E-state index contributed by atoms with van der Waals surface area (Å²) in [7, 11) is 0. The zero-order chi connectivity index (χ0) is 12.7. The normalized spacial score (nSPS) is 12.5. The van der Waals surface area contributed by atoms with Gasteiger partial charge in [-0.05, 0) is 25.3 Å². The molecule has 94 valence electrons. The van der Waals surface area contributed by atoms with Gasteiger partial charge in [0, 0.05) is 0 Å². The van der Waals surface area contributed by atoms with Crippen LogP contribution in [0.25, 0.3) is 0 Å². The van der Waals surface area contributed by atoms with E-state index < -0.39 is 18.3 Å². The van der Waals surface area contributed by atoms with Crippen molar-refractivity contribution in [2.24, 2.45) is 5.92 Å². The molecule has 0 saturated carbocycles. The Morgan fingerprint density at radius 3 is 2.47 bits per heavy atom. The molecule has 0 aromatic heterocycles. The van der Waals surface area contributed by atoms with Crippen molar-refractivity contribution in [2.45, 2.75) is 26.2 Å². The van der Waals surface area contributed by atoms with E-state index in [0.29, 0.717) is 6.42 Å². The van der Waals surface area contributed by atoms with Crippen molar-refractivity contribution in [1.82, 2.24) is 0 Å². The number of aryl methyl sites for hydroxylation is 1. The van der Waals surface area contributed by atoms with Crippen LogP contribution in [0, 0.1) is 5.92 Å². The highest BCUT2D eigenvalue weighted by molar-refractivity contribution is 5.72. The van der Waals surface area contributed by atoms with Crippen molar-refractivity contribution in [3.8, 4) is 0 Å². The first-order valence-electron chi connectivity index (χ1n) is 5.63. The summed E-state index contributed by atoms with van der Waals surface area (Å²) in [4.78, 5) is 11.3. The van der Waals surface area contributed by atoms with Crippen LogP contribution >= 0.6 is 0 Å². The summed E-state index contributed by atoms with van der Waals surface area (Å²) in [5.74, 6) is -2.13. The topological polar surface area (TPSA) is 26.3 Å². The minimum atomic E-state index is -2.67. The number of hydrogen-bond donors (Lipinski definition) is 0. The maximum Gasteiger partial charge on any atom is 0.314 e. The summed E-state index contributed by atoms with van der Waals surface area (Å²) in [6.07, 6.45) is -2.10. The average Bonchev–Trinajstić information content (AvgIpc) is 2.30. The fourth-order valence-corrected chi connectivity index (χ4v) is 1.56. The van der Waals surface area contributed by atoms with Gasteiger partial charge in [-0.15, -0.1) is 0 Å². The highest BCUT2D eigenvalue weighted by atomic mass is 19.3. The molecule has 1 aromatic carbocycles. The van der Waals surface area contributed by atoms with Gasteiger partial charge in [-0.1, -0.05) is 30.3 Å². The lowest BCUT2D eigenvalue weighted by Gasteiger charge is -2.14. The third kappa shape index (κ3) is 4.51. The lowest BCUT2D eigenvalue weighted by molar-refractivity contribution is -0.153. The van der Waals surface area contributed by atoms with E-state index in [-0.39, 0.29) is 13.0 Å². The van der Waals surface area contributed by atoms with Crippen LogP contribution in [0.2, 0.25) is 0 Å². The van der Waals surface area contributed by atoms with Crippen LogP contribution in [0.15, 0.2) is 30.3 Å². The molecule has 0 spiro atoms. The Labute approximate surface area is 99.6 Å². The summed E-state index contributed by atoms with van der Waals surface area (Å²) < 4.78 is 30.0. The first kappa shape index (κ1) is 13.6. The van der Waals surface area contributed by atoms with E-state index in [2.05, 4.69) is 4.74 Å². The van der Waals surface area contributed by atoms with Crippen molar-refractivity contribution < 1.29 is 18.3 Å². The number of esters is 1. The molecule has 1 atom stereocenters. The van der Waals surface area contributed by atoms with E-state index in [1.54, 1.807) is 6.92 Å². The van der Waals surface area contributed by atoms with Crippen molar-refractivity contribution >= 4 is 5.97 Å². The van der Waals surface area contributed by atoms with E-state index in [4.69, 9.17) is 0 Å². The second-order valence-corrected chi connectivity index (χ2v) is 3.72. The quantitative estimate of drug-likeness (QED) is 0.717. The standard InChI is InChI=1S/C13H16F2O2/c1-2-17-13(16)11(12(14)15)9-8-10-6-4-3-5-7-10/h3-7,11-12H,2,8-9H2,1H3. The van der Waals surface area contributed by atoms with Crippen LogP contribution in [0.1, 0.15) is 18.9 Å². The van der Waals surface area contributed by atoms with Gasteiger partial charge in [0.1, 0.15) is 5.92 Å². The van der Waals surface area contributed by atoms with Gasteiger partial charge in [0.2, 0.25) is 0 Å². The summed E-state index contributed by atoms with van der Waals surface area (Å²) in [5.41, 5.74) is 0.947. The number of alkyl halides is 2. The zero-order valence-electron chi connectivity index (χ0n) is 9.74. The molecule has 0 N–H and O–H groups in total. The SMILES string of the molecule is CCOC(=O)C(CCc1ccccc1)C(F)F. The predicted molar refractivity (Wildman–Crippen MR) is 60.9 cm³/mol. The molecule has 17 heavy (non-hydrogen) atoms. The van der Waals surface area contributed by atoms with Crippen LogP contribution in [0.4, 0.5) is 8.78 Å². The van der Waals surface area contributed by atoms with E-state index in [9.17, 15) is 13.6 Å². The van der Waals surface area contributed by atoms with E-state index in [1.165, 1.54) is 0 Å². The van der Waals surface area contributed by atoms with E-state index in [0.717, 1.165) is 5.56 Å². The van der Waals surface area contributed by atoms with Gasteiger partial charge >= 0.3 is 5.97 Å². The Balaban J connectivity index is 2.53. The number of carbonyl (C=O) groups excluding carboxylic acids is 1. The average molecular weight is 242 g/mol. The van der Waals surface area contributed by atoms with Gasteiger partial charge in [0.05, 0.1) is 6.61 Å². The van der Waals surface area contributed by atoms with Crippen LogP contribution in [0.5, 0.6) is 0 Å². The number of hydrogen-bond acceptors (Lipinski definition) is 2. The second-order valence-electron chi connectivity index (χ2n) is 3.72. The number of carbonyl (C=O) groups is 1. The number of rotatable bonds is 6. The van der Waals surface area contributed by atoms with Crippen molar-refractivity contribution in [3.05, 3.63) is 35.9 Å². The molecule has 0 heterocycles. The largest absolute Gasteiger partial charge is 0.466 e. The van der Waals surface area contributed by atoms with Crippen LogP contribution in [0.3, 0.4) is 0 Å². The molecule has 0 aliphatic rings. The van der Waals surface area contributed by atoms with Gasteiger partial charge < -0.3 is 4.74 Å². The van der Waals surface area contributed by atoms with Crippen molar-refractivity contribution in [3.63, 3.8) is 0 Å². The minimum Gasteiger partial charge on any atom is -0.466 e. The molecule has 0 aliphatic carbocycles. The van der Waals surface area contributed by atoms with Crippen LogP contribution in [-0.4, -0.2) is 19.0 Å². The summed E-state index contributed by atoms with van der Waals surface area (Å²) in [6.45, 7) is 1.74. The molecule has 2 nitrogen and oxygen atoms in total. The van der Waals surface area contributed by atoms with Crippen molar-refractivity contribution in [1.29, 1.82) is 0 Å². The molecule has 1 aromatic rings. The summed E-state index contributed by atoms with van der Waals surface area (Å²) >= 11 is 0. The lowest BCUT2D eigenvalue weighted by atomic mass is 10.00. The number of ether oxygens (including phenoxy) is 1. The molecule has 4 heteroatoms. The van der Waals surface area contributed by atoms with Gasteiger partial charge in [-0.2, -0.15) is 0 Å². The van der Waals surface area contributed by atoms with Gasteiger partial charge in [0.15, 0.2) is 0 Å². The number of halogens is 2. The highest BCUT2D eigenvalue weighted by Gasteiger charge is 2.29. The molecule has 1 unspecified atom stereocenters. The number of benzene rings is 1. The predicted octanol–water partition coefficient (Wildman–Crippen LogP) is 3.06. The molecule has 0 bridgehead atoms. The van der Waals surface area contributed by atoms with Gasteiger partial charge in [-0.25, -0.2) is 8.78 Å². The third-order valence-electron chi connectivity index (χ3n) is 2.48. The van der Waals surface area contributed by atoms with Crippen molar-refractivity contribution in [2.75, 3.05) is 6.61 Å². The fraction of sp³-hybridized carbons (Fsp3) is 0.462. The Hall–Kier alpha value is -1.45. The maximum atomic E-state index is 12.7. The smallest absolute Gasteiger partial charge is 0.314 e. The molecule has 0 fully saturated rings. The second kappa shape index (κ2) is 6.99. The van der Waals surface area contributed by atoms with Crippen LogP contribution in [-0.2, 0) is 16.0 Å². The van der Waals surface area contributed by atoms with Gasteiger partial charge in [0.25, 0.3) is 6.43 Å². The minimum absolute atomic E-state index is 0.112. The lowest BCUT2D eigenvalue weighted by Crippen LogP contribution is -2.25. The monoisotopic (exact) mass is 242 g/mol. The molecule has 0 radical (unpaired) electrons. The first-order chi connectivity index (χ1) is 8.15. The molecular weight excluding hydrogens is 226 g/mol. The Morgan fingerprint density at radius 2 is 1.94 bits per heavy atom. The molecule has 0 aliphatic heterocycles. The molecular formula is C13H16F2O2. The van der Waals surface area contributed by atoms with Crippen LogP contribution < -0.4 is 0 Å². The third-order valence-corrected chi connectivity index (χ3v) is 2.48. The fourth-order valence-electron chi connectivity index (χ4n) is 1.56. The molecule has 0 saturated heterocycles. The molecule has 1 rings (SSSR count). The first-order valence-corrected chi connectivity index (χ1v) is 5.63. The zero-order valence-corrected chi connectivity index (χ0v) is 9.74. The molecule has 0 amide bonds. The highest BCUT2D eigenvalue weighted by Crippen LogP contribution is 2.19. The summed E-state index contributed by atoms with van der Waals surface area (Å²) in [6, 6.07) is 9.26. The Morgan fingerprint density at radius 1 is 1.29 bits per heavy atom.